The highest BCUT2D eigenvalue weighted by Gasteiger charge is 2.14. The Kier molecular flexibility index (Phi) is 4.82. The van der Waals surface area contributed by atoms with Crippen molar-refractivity contribution in [3.63, 3.8) is 0 Å². The Morgan fingerprint density at radius 1 is 1.47 bits per heavy atom. The fourth-order valence-corrected chi connectivity index (χ4v) is 1.62. The van der Waals surface area contributed by atoms with E-state index in [0.717, 1.165) is 16.9 Å². The van der Waals surface area contributed by atoms with Crippen LogP contribution in [0.25, 0.3) is 0 Å². The van der Waals surface area contributed by atoms with Crippen LogP contribution in [0.4, 0.5) is 4.79 Å². The Balaban J connectivity index is 2.83. The molecule has 4 nitrogen and oxygen atoms in total. The van der Waals surface area contributed by atoms with E-state index in [-0.39, 0.29) is 6.04 Å². The molecule has 0 heterocycles. The van der Waals surface area contributed by atoms with Gasteiger partial charge in [-0.05, 0) is 26.8 Å². The number of rotatable bonds is 4. The number of hydrogen-bond donors (Lipinski definition) is 1. The van der Waals surface area contributed by atoms with E-state index >= 15 is 0 Å². The molecule has 1 aromatic rings. The molecule has 0 radical (unpaired) electrons. The molecule has 94 valence electrons. The number of carbonyl (C=O) groups excluding carboxylic acids is 1. The third-order valence-electron chi connectivity index (χ3n) is 2.46. The molecule has 4 heteroatoms. The second-order valence-electron chi connectivity index (χ2n) is 3.83. The lowest BCUT2D eigenvalue weighted by Gasteiger charge is -2.17. The molecule has 1 rings (SSSR count). The van der Waals surface area contributed by atoms with Crippen LogP contribution < -0.4 is 10.1 Å². The lowest BCUT2D eigenvalue weighted by Crippen LogP contribution is -2.27. The molecule has 0 aliphatic rings. The van der Waals surface area contributed by atoms with Gasteiger partial charge in [0.25, 0.3) is 0 Å². The van der Waals surface area contributed by atoms with Crippen LogP contribution >= 0.6 is 0 Å². The minimum atomic E-state index is -0.413. The van der Waals surface area contributed by atoms with Gasteiger partial charge in [-0.15, -0.1) is 0 Å². The lowest BCUT2D eigenvalue weighted by molar-refractivity contribution is 0.148. The number of carbonyl (C=O) groups is 1. The molecule has 0 saturated heterocycles. The maximum Gasteiger partial charge on any atom is 0.407 e. The fraction of sp³-hybridized carbons (Fsp3) is 0.462. The summed E-state index contributed by atoms with van der Waals surface area (Å²) in [6.07, 6.45) is -0.413. The van der Waals surface area contributed by atoms with E-state index in [1.165, 1.54) is 0 Å². The van der Waals surface area contributed by atoms with Crippen LogP contribution in [0, 0.1) is 6.92 Å². The van der Waals surface area contributed by atoms with E-state index < -0.39 is 6.09 Å². The SMILES string of the molecule is CCOC(=O)N[C@@H](C)c1cc(C)ccc1OC. The first-order valence-corrected chi connectivity index (χ1v) is 5.66. The quantitative estimate of drug-likeness (QED) is 0.876. The average Bonchev–Trinajstić information content (AvgIpc) is 2.29. The summed E-state index contributed by atoms with van der Waals surface area (Å²) >= 11 is 0. The molecule has 0 spiro atoms. The van der Waals surface area contributed by atoms with Gasteiger partial charge in [0.05, 0.1) is 19.8 Å². The van der Waals surface area contributed by atoms with Gasteiger partial charge in [-0.25, -0.2) is 4.79 Å². The zero-order chi connectivity index (χ0) is 12.8. The normalized spacial score (nSPS) is 11.8. The highest BCUT2D eigenvalue weighted by Crippen LogP contribution is 2.25. The van der Waals surface area contributed by atoms with Gasteiger partial charge in [0.15, 0.2) is 0 Å². The zero-order valence-corrected chi connectivity index (χ0v) is 10.7. The minimum absolute atomic E-state index is 0.149. The van der Waals surface area contributed by atoms with Gasteiger partial charge >= 0.3 is 6.09 Å². The van der Waals surface area contributed by atoms with Crippen molar-refractivity contribution < 1.29 is 14.3 Å². The Morgan fingerprint density at radius 2 is 2.18 bits per heavy atom. The Hall–Kier alpha value is -1.71. The molecule has 0 fully saturated rings. The van der Waals surface area contributed by atoms with Crippen molar-refractivity contribution in [3.8, 4) is 5.75 Å². The summed E-state index contributed by atoms with van der Waals surface area (Å²) < 4.78 is 10.1. The molecule has 0 saturated carbocycles. The molecule has 0 bridgehead atoms. The molecule has 1 N–H and O–H groups in total. The van der Waals surface area contributed by atoms with Crippen LogP contribution in [0.3, 0.4) is 0 Å². The zero-order valence-electron chi connectivity index (χ0n) is 10.7. The van der Waals surface area contributed by atoms with Crippen molar-refractivity contribution in [3.05, 3.63) is 29.3 Å². The maximum atomic E-state index is 11.3. The lowest BCUT2D eigenvalue weighted by atomic mass is 10.0. The summed E-state index contributed by atoms with van der Waals surface area (Å²) in [4.78, 5) is 11.3. The van der Waals surface area contributed by atoms with E-state index in [9.17, 15) is 4.79 Å². The first-order valence-electron chi connectivity index (χ1n) is 5.66. The van der Waals surface area contributed by atoms with Crippen molar-refractivity contribution in [1.82, 2.24) is 5.32 Å². The Bertz CT molecular complexity index is 390. The molecule has 0 aliphatic heterocycles. The maximum absolute atomic E-state index is 11.3. The highest BCUT2D eigenvalue weighted by molar-refractivity contribution is 5.68. The van der Waals surface area contributed by atoms with Crippen molar-refractivity contribution in [1.29, 1.82) is 0 Å². The fourth-order valence-electron chi connectivity index (χ4n) is 1.62. The number of nitrogens with one attached hydrogen (secondary N) is 1. The van der Waals surface area contributed by atoms with Gasteiger partial charge in [0.1, 0.15) is 5.75 Å². The predicted molar refractivity (Wildman–Crippen MR) is 66.3 cm³/mol. The van der Waals surface area contributed by atoms with E-state index in [4.69, 9.17) is 9.47 Å². The van der Waals surface area contributed by atoms with Crippen molar-refractivity contribution in [2.24, 2.45) is 0 Å². The third kappa shape index (κ3) is 3.66. The van der Waals surface area contributed by atoms with Crippen LogP contribution in [0.1, 0.15) is 31.0 Å². The summed E-state index contributed by atoms with van der Waals surface area (Å²) in [5.41, 5.74) is 2.07. The number of alkyl carbamates (subject to hydrolysis) is 1. The molecule has 0 aromatic heterocycles. The van der Waals surface area contributed by atoms with E-state index in [0.29, 0.717) is 6.61 Å². The number of ether oxygens (including phenoxy) is 2. The molecular formula is C13H19NO3. The Morgan fingerprint density at radius 3 is 2.76 bits per heavy atom. The molecule has 1 aromatic carbocycles. The van der Waals surface area contributed by atoms with E-state index in [1.807, 2.05) is 32.0 Å². The number of amides is 1. The molecule has 1 amide bonds. The van der Waals surface area contributed by atoms with Gasteiger partial charge in [-0.3, -0.25) is 0 Å². The molecular weight excluding hydrogens is 218 g/mol. The van der Waals surface area contributed by atoms with Gasteiger partial charge in [0.2, 0.25) is 0 Å². The number of aryl methyl sites for hydroxylation is 1. The Labute approximate surface area is 102 Å². The monoisotopic (exact) mass is 237 g/mol. The van der Waals surface area contributed by atoms with Gasteiger partial charge in [0, 0.05) is 5.56 Å². The van der Waals surface area contributed by atoms with Crippen LogP contribution in [0.15, 0.2) is 18.2 Å². The highest BCUT2D eigenvalue weighted by atomic mass is 16.5. The summed E-state index contributed by atoms with van der Waals surface area (Å²) in [5.74, 6) is 0.764. The average molecular weight is 237 g/mol. The van der Waals surface area contributed by atoms with Crippen LogP contribution in [-0.2, 0) is 4.74 Å². The summed E-state index contributed by atoms with van der Waals surface area (Å²) in [5, 5.41) is 2.76. The number of methoxy groups -OCH3 is 1. The first kappa shape index (κ1) is 13.4. The minimum Gasteiger partial charge on any atom is -0.496 e. The third-order valence-corrected chi connectivity index (χ3v) is 2.46. The number of hydrogen-bond acceptors (Lipinski definition) is 3. The molecule has 1 atom stereocenters. The van der Waals surface area contributed by atoms with Crippen LogP contribution in [0.5, 0.6) is 5.75 Å². The van der Waals surface area contributed by atoms with E-state index in [1.54, 1.807) is 14.0 Å². The molecule has 17 heavy (non-hydrogen) atoms. The first-order chi connectivity index (χ1) is 8.08. The van der Waals surface area contributed by atoms with E-state index in [2.05, 4.69) is 5.32 Å². The summed E-state index contributed by atoms with van der Waals surface area (Å²) in [6, 6.07) is 5.72. The van der Waals surface area contributed by atoms with Gasteiger partial charge in [-0.1, -0.05) is 17.7 Å². The summed E-state index contributed by atoms with van der Waals surface area (Å²) in [7, 11) is 1.62. The largest absolute Gasteiger partial charge is 0.496 e. The molecule has 0 aliphatic carbocycles. The smallest absolute Gasteiger partial charge is 0.407 e. The van der Waals surface area contributed by atoms with Gasteiger partial charge in [-0.2, -0.15) is 0 Å². The van der Waals surface area contributed by atoms with Crippen molar-refractivity contribution in [2.75, 3.05) is 13.7 Å². The van der Waals surface area contributed by atoms with Gasteiger partial charge < -0.3 is 14.8 Å². The van der Waals surface area contributed by atoms with Crippen LogP contribution in [0.2, 0.25) is 0 Å². The van der Waals surface area contributed by atoms with Crippen LogP contribution in [-0.4, -0.2) is 19.8 Å². The topological polar surface area (TPSA) is 47.6 Å². The predicted octanol–water partition coefficient (Wildman–Crippen LogP) is 2.81. The summed E-state index contributed by atoms with van der Waals surface area (Å²) in [6.45, 7) is 6.04. The second kappa shape index (κ2) is 6.13. The number of benzene rings is 1. The second-order valence-corrected chi connectivity index (χ2v) is 3.83. The van der Waals surface area contributed by atoms with Crippen molar-refractivity contribution in [2.45, 2.75) is 26.8 Å². The standard InChI is InChI=1S/C13H19NO3/c1-5-17-13(15)14-10(3)11-8-9(2)6-7-12(11)16-4/h6-8,10H,5H2,1-4H3,(H,14,15)/t10-/m0/s1. The van der Waals surface area contributed by atoms with Crippen molar-refractivity contribution >= 4 is 6.09 Å². The molecule has 0 unspecified atom stereocenters.